The van der Waals surface area contributed by atoms with Crippen LogP contribution in [0.15, 0.2) is 97.1 Å². The normalized spacial score (nSPS) is 11.7. The first-order valence-electron chi connectivity index (χ1n) is 9.47. The maximum Gasteiger partial charge on any atom is 0.256 e. The van der Waals surface area contributed by atoms with Crippen LogP contribution in [0.25, 0.3) is 22.3 Å². The van der Waals surface area contributed by atoms with Crippen LogP contribution in [0.5, 0.6) is 0 Å². The van der Waals surface area contributed by atoms with Gasteiger partial charge in [-0.3, -0.25) is 9.59 Å². The molecule has 4 aromatic rings. The fraction of sp³-hybridized carbons (Fsp3) is 0. The molecule has 0 aromatic heterocycles. The third-order valence-electron chi connectivity index (χ3n) is 5.26. The van der Waals surface area contributed by atoms with E-state index in [1.807, 2.05) is 91.0 Å². The standard InChI is InChI=1S/C26H17NO2/c28-25-21-13-5-4-12-19(21)20-14-8-15-22(24(20)25)26(29)27-23-16-7-6-11-18(23)17-9-2-1-3-10-17/h1-16H,(H,27,29). The fourth-order valence-electron chi connectivity index (χ4n) is 3.91. The third-order valence-corrected chi connectivity index (χ3v) is 5.26. The molecule has 138 valence electrons. The lowest BCUT2D eigenvalue weighted by Crippen LogP contribution is -2.16. The van der Waals surface area contributed by atoms with Gasteiger partial charge in [-0.25, -0.2) is 0 Å². The summed E-state index contributed by atoms with van der Waals surface area (Å²) >= 11 is 0. The maximum absolute atomic E-state index is 13.2. The second kappa shape index (κ2) is 6.88. The molecule has 3 nitrogen and oxygen atoms in total. The van der Waals surface area contributed by atoms with E-state index in [1.54, 1.807) is 6.07 Å². The van der Waals surface area contributed by atoms with Crippen molar-refractivity contribution in [2.45, 2.75) is 0 Å². The highest BCUT2D eigenvalue weighted by atomic mass is 16.2. The van der Waals surface area contributed by atoms with Crippen molar-refractivity contribution in [3.8, 4) is 22.3 Å². The summed E-state index contributed by atoms with van der Waals surface area (Å²) in [6.45, 7) is 0. The highest BCUT2D eigenvalue weighted by Gasteiger charge is 2.30. The summed E-state index contributed by atoms with van der Waals surface area (Å²) in [6, 6.07) is 30.5. The molecular weight excluding hydrogens is 358 g/mol. The lowest BCUT2D eigenvalue weighted by molar-refractivity contribution is 0.0999. The number of para-hydroxylation sites is 1. The van der Waals surface area contributed by atoms with E-state index < -0.39 is 0 Å². The zero-order chi connectivity index (χ0) is 19.8. The second-order valence-corrected chi connectivity index (χ2v) is 6.97. The van der Waals surface area contributed by atoms with E-state index >= 15 is 0 Å². The van der Waals surface area contributed by atoms with E-state index in [2.05, 4.69) is 5.32 Å². The van der Waals surface area contributed by atoms with Crippen LogP contribution in [0.4, 0.5) is 5.69 Å². The molecule has 0 saturated carbocycles. The molecule has 0 aliphatic heterocycles. The van der Waals surface area contributed by atoms with E-state index in [0.29, 0.717) is 22.4 Å². The van der Waals surface area contributed by atoms with Crippen LogP contribution in [0.2, 0.25) is 0 Å². The number of fused-ring (bicyclic) bond motifs is 3. The van der Waals surface area contributed by atoms with Crippen molar-refractivity contribution in [3.05, 3.63) is 114 Å². The van der Waals surface area contributed by atoms with Crippen LogP contribution in [-0.2, 0) is 0 Å². The highest BCUT2D eigenvalue weighted by Crippen LogP contribution is 2.38. The minimum absolute atomic E-state index is 0.0994. The van der Waals surface area contributed by atoms with Crippen molar-refractivity contribution in [1.29, 1.82) is 0 Å². The molecule has 0 saturated heterocycles. The fourth-order valence-corrected chi connectivity index (χ4v) is 3.91. The third kappa shape index (κ3) is 2.84. The second-order valence-electron chi connectivity index (χ2n) is 6.97. The first-order chi connectivity index (χ1) is 14.2. The predicted octanol–water partition coefficient (Wildman–Crippen LogP) is 5.82. The maximum atomic E-state index is 13.2. The first-order valence-corrected chi connectivity index (χ1v) is 9.47. The molecule has 1 amide bonds. The number of carbonyl (C=O) groups excluding carboxylic acids is 2. The zero-order valence-corrected chi connectivity index (χ0v) is 15.6. The van der Waals surface area contributed by atoms with E-state index in [-0.39, 0.29) is 11.7 Å². The molecule has 0 spiro atoms. The van der Waals surface area contributed by atoms with Crippen molar-refractivity contribution in [3.63, 3.8) is 0 Å². The number of ketones is 1. The Balaban J connectivity index is 1.55. The smallest absolute Gasteiger partial charge is 0.256 e. The summed E-state index contributed by atoms with van der Waals surface area (Å²) in [7, 11) is 0. The van der Waals surface area contributed by atoms with Crippen molar-refractivity contribution >= 4 is 17.4 Å². The van der Waals surface area contributed by atoms with Crippen molar-refractivity contribution in [2.75, 3.05) is 5.32 Å². The molecule has 0 radical (unpaired) electrons. The molecule has 0 bridgehead atoms. The predicted molar refractivity (Wildman–Crippen MR) is 115 cm³/mol. The Morgan fingerprint density at radius 1 is 0.586 bits per heavy atom. The number of carbonyl (C=O) groups is 2. The van der Waals surface area contributed by atoms with Gasteiger partial charge in [0.2, 0.25) is 0 Å². The van der Waals surface area contributed by atoms with Crippen molar-refractivity contribution in [2.24, 2.45) is 0 Å². The Labute approximate surface area is 168 Å². The Morgan fingerprint density at radius 3 is 2.00 bits per heavy atom. The van der Waals surface area contributed by atoms with Gasteiger partial charge in [-0.15, -0.1) is 0 Å². The van der Waals surface area contributed by atoms with Crippen LogP contribution in [0.3, 0.4) is 0 Å². The molecule has 0 unspecified atom stereocenters. The van der Waals surface area contributed by atoms with Crippen LogP contribution < -0.4 is 5.32 Å². The minimum Gasteiger partial charge on any atom is -0.321 e. The van der Waals surface area contributed by atoms with E-state index in [9.17, 15) is 9.59 Å². The van der Waals surface area contributed by atoms with E-state index in [0.717, 1.165) is 22.3 Å². The number of anilines is 1. The van der Waals surface area contributed by atoms with Gasteiger partial charge in [0.1, 0.15) is 0 Å². The summed E-state index contributed by atoms with van der Waals surface area (Å²) in [5.41, 5.74) is 5.88. The van der Waals surface area contributed by atoms with Crippen LogP contribution >= 0.6 is 0 Å². The van der Waals surface area contributed by atoms with Gasteiger partial charge in [0, 0.05) is 22.4 Å². The molecular formula is C26H17NO2. The Morgan fingerprint density at radius 2 is 1.21 bits per heavy atom. The summed E-state index contributed by atoms with van der Waals surface area (Å²) in [5.74, 6) is -0.385. The molecule has 0 heterocycles. The van der Waals surface area contributed by atoms with Gasteiger partial charge in [0.25, 0.3) is 5.91 Å². The number of hydrogen-bond acceptors (Lipinski definition) is 2. The first kappa shape index (κ1) is 17.1. The molecule has 5 rings (SSSR count). The van der Waals surface area contributed by atoms with Gasteiger partial charge < -0.3 is 5.32 Å². The molecule has 1 aliphatic rings. The Hall–Kier alpha value is -3.98. The minimum atomic E-state index is -0.286. The molecule has 0 atom stereocenters. The quantitative estimate of drug-likeness (QED) is 0.432. The molecule has 3 heteroatoms. The Bertz CT molecular complexity index is 1260. The number of amides is 1. The average Bonchev–Trinajstić information content (AvgIpc) is 3.07. The molecule has 1 aliphatic carbocycles. The number of hydrogen-bond donors (Lipinski definition) is 1. The van der Waals surface area contributed by atoms with Crippen LogP contribution in [0, 0.1) is 0 Å². The average molecular weight is 375 g/mol. The van der Waals surface area contributed by atoms with Gasteiger partial charge >= 0.3 is 0 Å². The summed E-state index contributed by atoms with van der Waals surface area (Å²) in [6.07, 6.45) is 0. The van der Waals surface area contributed by atoms with Crippen LogP contribution in [-0.4, -0.2) is 11.7 Å². The van der Waals surface area contributed by atoms with Gasteiger partial charge in [-0.1, -0.05) is 84.9 Å². The largest absolute Gasteiger partial charge is 0.321 e. The van der Waals surface area contributed by atoms with Gasteiger partial charge in [0.15, 0.2) is 5.78 Å². The number of benzene rings is 4. The summed E-state index contributed by atoms with van der Waals surface area (Å²) in [4.78, 5) is 26.2. The summed E-state index contributed by atoms with van der Waals surface area (Å²) < 4.78 is 0. The SMILES string of the molecule is O=C(Nc1ccccc1-c1ccccc1)c1cccc2c1C(=O)c1ccccc1-2. The van der Waals surface area contributed by atoms with Crippen LogP contribution in [0.1, 0.15) is 26.3 Å². The monoisotopic (exact) mass is 375 g/mol. The van der Waals surface area contributed by atoms with Gasteiger partial charge in [-0.2, -0.15) is 0 Å². The van der Waals surface area contributed by atoms with Crippen molar-refractivity contribution in [1.82, 2.24) is 0 Å². The lowest BCUT2D eigenvalue weighted by Gasteiger charge is -2.13. The zero-order valence-electron chi connectivity index (χ0n) is 15.6. The topological polar surface area (TPSA) is 46.2 Å². The number of rotatable bonds is 3. The molecule has 0 fully saturated rings. The lowest BCUT2D eigenvalue weighted by atomic mass is 9.99. The van der Waals surface area contributed by atoms with E-state index in [4.69, 9.17) is 0 Å². The highest BCUT2D eigenvalue weighted by molar-refractivity contribution is 6.26. The summed E-state index contributed by atoms with van der Waals surface area (Å²) in [5, 5.41) is 3.01. The molecule has 1 N–H and O–H groups in total. The number of nitrogens with one attached hydrogen (secondary N) is 1. The van der Waals surface area contributed by atoms with Gasteiger partial charge in [0.05, 0.1) is 5.56 Å². The van der Waals surface area contributed by atoms with E-state index in [1.165, 1.54) is 0 Å². The van der Waals surface area contributed by atoms with Crippen molar-refractivity contribution < 1.29 is 9.59 Å². The molecule has 4 aromatic carbocycles. The van der Waals surface area contributed by atoms with Gasteiger partial charge in [-0.05, 0) is 28.8 Å². The Kier molecular flexibility index (Phi) is 4.07. The molecule has 29 heavy (non-hydrogen) atoms.